The van der Waals surface area contributed by atoms with Crippen LogP contribution in [0.25, 0.3) is 0 Å². The van der Waals surface area contributed by atoms with E-state index >= 15 is 0 Å². The van der Waals surface area contributed by atoms with Gasteiger partial charge in [-0.25, -0.2) is 0 Å². The van der Waals surface area contributed by atoms with Crippen molar-refractivity contribution in [1.29, 1.82) is 0 Å². The quantitative estimate of drug-likeness (QED) is 0.710. The van der Waals surface area contributed by atoms with E-state index < -0.39 is 0 Å². The predicted octanol–water partition coefficient (Wildman–Crippen LogP) is 2.42. The molecular formula is C13H27NO. The first-order valence-corrected chi connectivity index (χ1v) is 6.40. The lowest BCUT2D eigenvalue weighted by atomic mass is 9.73. The van der Waals surface area contributed by atoms with Crippen LogP contribution in [-0.2, 0) is 0 Å². The van der Waals surface area contributed by atoms with Crippen LogP contribution in [0.5, 0.6) is 0 Å². The molecular weight excluding hydrogens is 186 g/mol. The molecule has 2 nitrogen and oxygen atoms in total. The zero-order chi connectivity index (χ0) is 11.4. The number of aliphatic hydroxyl groups is 1. The number of nitrogens with one attached hydrogen (secondary N) is 1. The molecule has 1 rings (SSSR count). The minimum Gasteiger partial charge on any atom is -0.392 e. The van der Waals surface area contributed by atoms with Gasteiger partial charge in [-0.3, -0.25) is 0 Å². The Hall–Kier alpha value is -0.0800. The summed E-state index contributed by atoms with van der Waals surface area (Å²) in [7, 11) is 0. The van der Waals surface area contributed by atoms with Gasteiger partial charge in [-0.05, 0) is 37.0 Å². The second-order valence-electron chi connectivity index (χ2n) is 5.86. The van der Waals surface area contributed by atoms with Crippen molar-refractivity contribution in [3.05, 3.63) is 0 Å². The van der Waals surface area contributed by atoms with Crippen LogP contribution in [0.2, 0.25) is 0 Å². The molecule has 1 aliphatic carbocycles. The molecule has 90 valence electrons. The zero-order valence-corrected chi connectivity index (χ0v) is 10.7. The van der Waals surface area contributed by atoms with Gasteiger partial charge in [0.25, 0.3) is 0 Å². The Bertz CT molecular complexity index is 173. The lowest BCUT2D eigenvalue weighted by molar-refractivity contribution is 0.115. The Morgan fingerprint density at radius 3 is 2.27 bits per heavy atom. The number of rotatable bonds is 6. The lowest BCUT2D eigenvalue weighted by Gasteiger charge is -2.39. The highest BCUT2D eigenvalue weighted by molar-refractivity contribution is 4.87. The van der Waals surface area contributed by atoms with Crippen molar-refractivity contribution in [3.8, 4) is 0 Å². The van der Waals surface area contributed by atoms with E-state index in [0.717, 1.165) is 24.8 Å². The summed E-state index contributed by atoms with van der Waals surface area (Å²) in [5.74, 6) is 2.32. The third-order valence-electron chi connectivity index (χ3n) is 3.50. The third kappa shape index (κ3) is 4.52. The van der Waals surface area contributed by atoms with Gasteiger partial charge in [0.1, 0.15) is 0 Å². The van der Waals surface area contributed by atoms with E-state index in [-0.39, 0.29) is 6.10 Å². The van der Waals surface area contributed by atoms with Crippen LogP contribution in [0.3, 0.4) is 0 Å². The van der Waals surface area contributed by atoms with E-state index in [1.807, 2.05) is 0 Å². The molecule has 0 heterocycles. The minimum absolute atomic E-state index is 0.164. The molecule has 0 amide bonds. The molecule has 0 bridgehead atoms. The van der Waals surface area contributed by atoms with Crippen molar-refractivity contribution in [2.45, 2.75) is 59.1 Å². The molecule has 1 aliphatic rings. The SMILES string of the molecule is CC(C)CC(O)CNC1CC(C(C)C)C1. The van der Waals surface area contributed by atoms with Gasteiger partial charge >= 0.3 is 0 Å². The van der Waals surface area contributed by atoms with Crippen LogP contribution < -0.4 is 5.32 Å². The average molecular weight is 213 g/mol. The number of hydrogen-bond donors (Lipinski definition) is 2. The Morgan fingerprint density at radius 1 is 1.20 bits per heavy atom. The topological polar surface area (TPSA) is 32.3 Å². The Labute approximate surface area is 94.5 Å². The first kappa shape index (κ1) is 13.0. The summed E-state index contributed by atoms with van der Waals surface area (Å²) in [6, 6.07) is 0.666. The van der Waals surface area contributed by atoms with E-state index in [1.165, 1.54) is 12.8 Å². The third-order valence-corrected chi connectivity index (χ3v) is 3.50. The largest absolute Gasteiger partial charge is 0.392 e. The lowest BCUT2D eigenvalue weighted by Crippen LogP contribution is -2.45. The predicted molar refractivity (Wildman–Crippen MR) is 64.8 cm³/mol. The summed E-state index contributed by atoms with van der Waals surface area (Å²) in [6.45, 7) is 9.68. The number of hydrogen-bond acceptors (Lipinski definition) is 2. The smallest absolute Gasteiger partial charge is 0.0667 e. The monoisotopic (exact) mass is 213 g/mol. The molecule has 15 heavy (non-hydrogen) atoms. The van der Waals surface area contributed by atoms with Crippen molar-refractivity contribution < 1.29 is 5.11 Å². The van der Waals surface area contributed by atoms with Crippen molar-refractivity contribution in [2.75, 3.05) is 6.54 Å². The van der Waals surface area contributed by atoms with E-state index in [4.69, 9.17) is 0 Å². The molecule has 0 aliphatic heterocycles. The average Bonchev–Trinajstić information content (AvgIpc) is 1.98. The van der Waals surface area contributed by atoms with Crippen molar-refractivity contribution in [1.82, 2.24) is 5.32 Å². The normalized spacial score (nSPS) is 28.2. The highest BCUT2D eigenvalue weighted by Crippen LogP contribution is 2.33. The van der Waals surface area contributed by atoms with Crippen LogP contribution in [0, 0.1) is 17.8 Å². The summed E-state index contributed by atoms with van der Waals surface area (Å²) in [6.07, 6.45) is 3.34. The highest BCUT2D eigenvalue weighted by Gasteiger charge is 2.30. The first-order valence-electron chi connectivity index (χ1n) is 6.40. The maximum absolute atomic E-state index is 9.70. The molecule has 1 unspecified atom stereocenters. The highest BCUT2D eigenvalue weighted by atomic mass is 16.3. The van der Waals surface area contributed by atoms with Gasteiger partial charge in [-0.1, -0.05) is 27.7 Å². The molecule has 0 radical (unpaired) electrons. The fraction of sp³-hybridized carbons (Fsp3) is 1.00. The van der Waals surface area contributed by atoms with Crippen LogP contribution in [0.4, 0.5) is 0 Å². The fourth-order valence-corrected chi connectivity index (χ4v) is 2.30. The second-order valence-corrected chi connectivity index (χ2v) is 5.86. The molecule has 2 heteroatoms. The molecule has 1 atom stereocenters. The Kier molecular flexibility index (Phi) is 5.07. The minimum atomic E-state index is -0.164. The second kappa shape index (κ2) is 5.86. The maximum atomic E-state index is 9.70. The Morgan fingerprint density at radius 2 is 1.80 bits per heavy atom. The van der Waals surface area contributed by atoms with Gasteiger partial charge in [0.05, 0.1) is 6.10 Å². The summed E-state index contributed by atoms with van der Waals surface area (Å²) < 4.78 is 0. The van der Waals surface area contributed by atoms with Gasteiger partial charge in [-0.2, -0.15) is 0 Å². The molecule has 0 aromatic carbocycles. The van der Waals surface area contributed by atoms with E-state index in [1.54, 1.807) is 0 Å². The standard InChI is InChI=1S/C13H27NO/c1-9(2)5-13(15)8-14-12-6-11(7-12)10(3)4/h9-15H,5-8H2,1-4H3. The molecule has 0 saturated heterocycles. The van der Waals surface area contributed by atoms with Gasteiger partial charge in [-0.15, -0.1) is 0 Å². The molecule has 1 saturated carbocycles. The van der Waals surface area contributed by atoms with E-state index in [2.05, 4.69) is 33.0 Å². The summed E-state index contributed by atoms with van der Waals surface area (Å²) in [5, 5.41) is 13.2. The molecule has 1 fully saturated rings. The summed E-state index contributed by atoms with van der Waals surface area (Å²) in [5.41, 5.74) is 0. The van der Waals surface area contributed by atoms with Crippen LogP contribution in [0.15, 0.2) is 0 Å². The van der Waals surface area contributed by atoms with E-state index in [9.17, 15) is 5.11 Å². The molecule has 0 spiro atoms. The molecule has 0 aromatic rings. The van der Waals surface area contributed by atoms with Gasteiger partial charge in [0, 0.05) is 12.6 Å². The molecule has 2 N–H and O–H groups in total. The maximum Gasteiger partial charge on any atom is 0.0667 e. The van der Waals surface area contributed by atoms with Crippen LogP contribution in [0.1, 0.15) is 47.0 Å². The van der Waals surface area contributed by atoms with E-state index in [0.29, 0.717) is 12.0 Å². The van der Waals surface area contributed by atoms with Crippen molar-refractivity contribution >= 4 is 0 Å². The fourth-order valence-electron chi connectivity index (χ4n) is 2.30. The summed E-state index contributed by atoms with van der Waals surface area (Å²) in [4.78, 5) is 0. The van der Waals surface area contributed by atoms with Crippen molar-refractivity contribution in [2.24, 2.45) is 17.8 Å². The van der Waals surface area contributed by atoms with Gasteiger partial charge in [0.2, 0.25) is 0 Å². The molecule has 0 aromatic heterocycles. The van der Waals surface area contributed by atoms with Crippen molar-refractivity contribution in [3.63, 3.8) is 0 Å². The summed E-state index contributed by atoms with van der Waals surface area (Å²) >= 11 is 0. The van der Waals surface area contributed by atoms with Crippen LogP contribution in [-0.4, -0.2) is 23.8 Å². The van der Waals surface area contributed by atoms with Crippen LogP contribution >= 0.6 is 0 Å². The van der Waals surface area contributed by atoms with Gasteiger partial charge in [0.15, 0.2) is 0 Å². The van der Waals surface area contributed by atoms with Gasteiger partial charge < -0.3 is 10.4 Å². The first-order chi connectivity index (χ1) is 6.99. The Balaban J connectivity index is 2.03. The number of aliphatic hydroxyl groups excluding tert-OH is 1. The zero-order valence-electron chi connectivity index (χ0n) is 10.7.